The normalized spacial score (nSPS) is 10.7. The number of ether oxygens (including phenoxy) is 1. The Morgan fingerprint density at radius 3 is 2.41 bits per heavy atom. The first-order valence-electron chi connectivity index (χ1n) is 10.7. The molecule has 0 fully saturated rings. The van der Waals surface area contributed by atoms with Gasteiger partial charge < -0.3 is 19.9 Å². The molecule has 0 atom stereocenters. The Morgan fingerprint density at radius 1 is 1.00 bits per heavy atom. The van der Waals surface area contributed by atoms with Crippen LogP contribution in [-0.4, -0.2) is 48.5 Å². The maximum atomic E-state index is 13.4. The molecule has 0 radical (unpaired) electrons. The second-order valence-electron chi connectivity index (χ2n) is 7.74. The molecule has 34 heavy (non-hydrogen) atoms. The van der Waals surface area contributed by atoms with Gasteiger partial charge in [0.25, 0.3) is 0 Å². The summed E-state index contributed by atoms with van der Waals surface area (Å²) < 4.78 is 5.16. The fourth-order valence-corrected chi connectivity index (χ4v) is 4.49. The number of rotatable bonds is 10. The third-order valence-corrected chi connectivity index (χ3v) is 6.97. The van der Waals surface area contributed by atoms with Crippen molar-refractivity contribution in [3.63, 3.8) is 0 Å². The molecule has 3 rings (SSSR count). The van der Waals surface area contributed by atoms with Gasteiger partial charge in [0.15, 0.2) is 0 Å². The number of urea groups is 1. The molecule has 0 aliphatic heterocycles. The Morgan fingerprint density at radius 2 is 1.76 bits per heavy atom. The number of anilines is 1. The number of methoxy groups -OCH3 is 1. The Labute approximate surface area is 214 Å². The molecule has 2 aromatic carbocycles. The Kier molecular flexibility index (Phi) is 9.77. The molecule has 1 aromatic heterocycles. The fraction of sp³-hybridized carbons (Fsp3) is 0.280. The van der Waals surface area contributed by atoms with Gasteiger partial charge in [0, 0.05) is 30.8 Å². The summed E-state index contributed by atoms with van der Waals surface area (Å²) in [5, 5.41) is 5.53. The molecule has 0 aliphatic carbocycles. The molecule has 0 bridgehead atoms. The van der Waals surface area contributed by atoms with Crippen molar-refractivity contribution in [2.75, 3.05) is 32.1 Å². The molecular weight excluding hydrogens is 493 g/mol. The van der Waals surface area contributed by atoms with Gasteiger partial charge in [-0.3, -0.25) is 4.79 Å². The van der Waals surface area contributed by atoms with Crippen molar-refractivity contribution >= 4 is 52.2 Å². The predicted octanol–water partition coefficient (Wildman–Crippen LogP) is 6.07. The van der Waals surface area contributed by atoms with Gasteiger partial charge in [-0.15, -0.1) is 11.3 Å². The average molecular weight is 520 g/mol. The number of halogens is 2. The molecule has 9 heteroatoms. The highest BCUT2D eigenvalue weighted by Gasteiger charge is 2.23. The van der Waals surface area contributed by atoms with E-state index in [9.17, 15) is 9.59 Å². The fourth-order valence-electron chi connectivity index (χ4n) is 3.27. The van der Waals surface area contributed by atoms with E-state index in [2.05, 4.69) is 5.32 Å². The Bertz CT molecular complexity index is 1110. The van der Waals surface area contributed by atoms with Crippen LogP contribution >= 0.6 is 34.5 Å². The molecule has 3 aromatic rings. The van der Waals surface area contributed by atoms with Gasteiger partial charge in [-0.05, 0) is 47.7 Å². The number of nitrogens with zero attached hydrogens (tertiary/aromatic N) is 2. The lowest BCUT2D eigenvalue weighted by molar-refractivity contribution is -0.133. The highest BCUT2D eigenvalue weighted by atomic mass is 35.5. The SMILES string of the molecule is COCCN(CC(=O)N(Cc1ccccc1)Cc1sccc1C)C(=O)Nc1ccc(Cl)c(Cl)c1. The van der Waals surface area contributed by atoms with Crippen molar-refractivity contribution in [2.24, 2.45) is 0 Å². The van der Waals surface area contributed by atoms with Crippen LogP contribution in [0.3, 0.4) is 0 Å². The zero-order valence-corrected chi connectivity index (χ0v) is 21.4. The molecule has 0 saturated heterocycles. The number of carbonyl (C=O) groups excluding carboxylic acids is 2. The number of hydrogen-bond acceptors (Lipinski definition) is 4. The zero-order valence-electron chi connectivity index (χ0n) is 19.1. The third kappa shape index (κ3) is 7.46. The highest BCUT2D eigenvalue weighted by molar-refractivity contribution is 7.10. The van der Waals surface area contributed by atoms with E-state index in [1.165, 1.54) is 4.90 Å². The van der Waals surface area contributed by atoms with E-state index in [1.54, 1.807) is 41.5 Å². The van der Waals surface area contributed by atoms with E-state index in [4.69, 9.17) is 27.9 Å². The van der Waals surface area contributed by atoms with Crippen LogP contribution in [0.1, 0.15) is 16.0 Å². The summed E-state index contributed by atoms with van der Waals surface area (Å²) in [4.78, 5) is 30.8. The average Bonchev–Trinajstić information content (AvgIpc) is 3.23. The highest BCUT2D eigenvalue weighted by Crippen LogP contribution is 2.25. The summed E-state index contributed by atoms with van der Waals surface area (Å²) in [7, 11) is 1.55. The van der Waals surface area contributed by atoms with Gasteiger partial charge in [0.1, 0.15) is 6.54 Å². The van der Waals surface area contributed by atoms with Gasteiger partial charge in [-0.1, -0.05) is 53.5 Å². The minimum Gasteiger partial charge on any atom is -0.383 e. The van der Waals surface area contributed by atoms with E-state index in [0.29, 0.717) is 35.4 Å². The van der Waals surface area contributed by atoms with Crippen LogP contribution in [0.2, 0.25) is 10.0 Å². The van der Waals surface area contributed by atoms with Gasteiger partial charge in [0.2, 0.25) is 5.91 Å². The molecular formula is C25H27Cl2N3O3S. The summed E-state index contributed by atoms with van der Waals surface area (Å²) >= 11 is 13.7. The van der Waals surface area contributed by atoms with Crippen molar-refractivity contribution in [2.45, 2.75) is 20.0 Å². The number of benzene rings is 2. The first kappa shape index (κ1) is 26.0. The van der Waals surface area contributed by atoms with Gasteiger partial charge in [0.05, 0.1) is 23.2 Å². The van der Waals surface area contributed by atoms with Crippen LogP contribution in [0, 0.1) is 6.92 Å². The van der Waals surface area contributed by atoms with E-state index >= 15 is 0 Å². The minimum absolute atomic E-state index is 0.0895. The summed E-state index contributed by atoms with van der Waals surface area (Å²) in [6, 6.07) is 16.3. The van der Waals surface area contributed by atoms with Crippen molar-refractivity contribution < 1.29 is 14.3 Å². The lowest BCUT2D eigenvalue weighted by Gasteiger charge is -2.28. The van der Waals surface area contributed by atoms with Crippen molar-refractivity contribution in [1.29, 1.82) is 0 Å². The lowest BCUT2D eigenvalue weighted by Crippen LogP contribution is -2.45. The van der Waals surface area contributed by atoms with E-state index in [1.807, 2.05) is 48.7 Å². The Balaban J connectivity index is 1.76. The second-order valence-corrected chi connectivity index (χ2v) is 9.55. The minimum atomic E-state index is -0.421. The maximum Gasteiger partial charge on any atom is 0.322 e. The van der Waals surface area contributed by atoms with Crippen molar-refractivity contribution in [1.82, 2.24) is 9.80 Å². The molecule has 3 amide bonds. The predicted molar refractivity (Wildman–Crippen MR) is 139 cm³/mol. The number of thiophene rings is 1. The van der Waals surface area contributed by atoms with Crippen LogP contribution in [0.15, 0.2) is 60.0 Å². The number of hydrogen-bond donors (Lipinski definition) is 1. The first-order valence-corrected chi connectivity index (χ1v) is 12.4. The molecule has 1 N–H and O–H groups in total. The molecule has 0 aliphatic rings. The number of nitrogens with one attached hydrogen (secondary N) is 1. The molecule has 1 heterocycles. The van der Waals surface area contributed by atoms with Crippen molar-refractivity contribution in [3.05, 3.63) is 86.0 Å². The summed E-state index contributed by atoms with van der Waals surface area (Å²) in [5.41, 5.74) is 2.66. The van der Waals surface area contributed by atoms with Crippen LogP contribution in [0.25, 0.3) is 0 Å². The number of carbonyl (C=O) groups is 2. The number of aryl methyl sites for hydroxylation is 1. The van der Waals surface area contributed by atoms with Crippen LogP contribution in [0.4, 0.5) is 10.5 Å². The largest absolute Gasteiger partial charge is 0.383 e. The zero-order chi connectivity index (χ0) is 24.5. The monoisotopic (exact) mass is 519 g/mol. The molecule has 0 unspecified atom stereocenters. The quantitative estimate of drug-likeness (QED) is 0.353. The summed E-state index contributed by atoms with van der Waals surface area (Å²) in [5.74, 6) is -0.156. The maximum absolute atomic E-state index is 13.4. The molecule has 0 spiro atoms. The van der Waals surface area contributed by atoms with Gasteiger partial charge >= 0.3 is 6.03 Å². The number of amides is 3. The topological polar surface area (TPSA) is 61.9 Å². The van der Waals surface area contributed by atoms with Gasteiger partial charge in [-0.25, -0.2) is 4.79 Å². The third-order valence-electron chi connectivity index (χ3n) is 5.22. The molecule has 0 saturated carbocycles. The summed E-state index contributed by atoms with van der Waals surface area (Å²) in [6.45, 7) is 3.42. The van der Waals surface area contributed by atoms with Crippen LogP contribution in [-0.2, 0) is 22.6 Å². The molecule has 6 nitrogen and oxygen atoms in total. The first-order chi connectivity index (χ1) is 16.4. The van der Waals surface area contributed by atoms with Gasteiger partial charge in [-0.2, -0.15) is 0 Å². The Hall–Kier alpha value is -2.58. The second kappa shape index (κ2) is 12.8. The van der Waals surface area contributed by atoms with E-state index in [0.717, 1.165) is 16.0 Å². The van der Waals surface area contributed by atoms with Crippen molar-refractivity contribution in [3.8, 4) is 0 Å². The van der Waals surface area contributed by atoms with Crippen LogP contribution < -0.4 is 5.32 Å². The lowest BCUT2D eigenvalue weighted by atomic mass is 10.2. The van der Waals surface area contributed by atoms with E-state index < -0.39 is 6.03 Å². The summed E-state index contributed by atoms with van der Waals surface area (Å²) in [6.07, 6.45) is 0. The smallest absolute Gasteiger partial charge is 0.322 e. The van der Waals surface area contributed by atoms with Crippen LogP contribution in [0.5, 0.6) is 0 Å². The van der Waals surface area contributed by atoms with E-state index in [-0.39, 0.29) is 19.0 Å². The molecule has 180 valence electrons. The standard InChI is InChI=1S/C25H27Cl2N3O3S/c1-18-10-13-34-23(18)16-30(15-19-6-4-3-5-7-19)24(31)17-29(11-12-33-2)25(32)28-20-8-9-21(26)22(27)14-20/h3-10,13-14H,11-12,15-17H2,1-2H3,(H,28,32).